The zero-order valence-corrected chi connectivity index (χ0v) is 8.97. The number of likely N-dealkylation sites (N-methyl/N-ethyl adjacent to an activating group) is 1. The molecule has 0 aliphatic heterocycles. The second kappa shape index (κ2) is 4.40. The van der Waals surface area contributed by atoms with Crippen LogP contribution in [0.3, 0.4) is 0 Å². The predicted octanol–water partition coefficient (Wildman–Crippen LogP) is 3.13. The minimum Gasteiger partial charge on any atom is -0.316 e. The average Bonchev–Trinajstić information content (AvgIpc) is 2.63. The van der Waals surface area contributed by atoms with Gasteiger partial charge in [0.05, 0.1) is 0 Å². The van der Waals surface area contributed by atoms with Crippen LogP contribution in [0.4, 0.5) is 0 Å². The van der Waals surface area contributed by atoms with Gasteiger partial charge in [0.25, 0.3) is 0 Å². The highest BCUT2D eigenvalue weighted by molar-refractivity contribution is 7.17. The Morgan fingerprint density at radius 2 is 2.21 bits per heavy atom. The van der Waals surface area contributed by atoms with Gasteiger partial charge in [-0.1, -0.05) is 30.4 Å². The molecule has 2 heteroatoms. The summed E-state index contributed by atoms with van der Waals surface area (Å²) >= 11 is 1.80. The summed E-state index contributed by atoms with van der Waals surface area (Å²) in [4.78, 5) is 0. The number of fused-ring (bicyclic) bond motifs is 1. The molecule has 0 radical (unpaired) electrons. The van der Waals surface area contributed by atoms with Crippen LogP contribution in [-0.2, 0) is 0 Å². The molecule has 14 heavy (non-hydrogen) atoms. The van der Waals surface area contributed by atoms with Crippen LogP contribution in [0.15, 0.2) is 35.7 Å². The fraction of sp³-hybridized carbons (Fsp3) is 0.167. The van der Waals surface area contributed by atoms with E-state index in [1.807, 2.05) is 7.05 Å². The van der Waals surface area contributed by atoms with Crippen molar-refractivity contribution in [3.63, 3.8) is 0 Å². The Kier molecular flexibility index (Phi) is 2.96. The van der Waals surface area contributed by atoms with E-state index in [1.165, 1.54) is 15.6 Å². The Morgan fingerprint density at radius 1 is 1.36 bits per heavy atom. The summed E-state index contributed by atoms with van der Waals surface area (Å²) in [6.07, 6.45) is 4.32. The standard InChI is InChI=1S/C12H13NS/c1-13-8-4-5-10-9-14-12-7-3-2-6-11(10)12/h2-7,9,13H,8H2,1H3. The van der Waals surface area contributed by atoms with Crippen molar-refractivity contribution in [2.24, 2.45) is 0 Å². The molecule has 1 heterocycles. The third-order valence-corrected chi connectivity index (χ3v) is 3.11. The molecule has 0 bridgehead atoms. The number of rotatable bonds is 3. The van der Waals surface area contributed by atoms with Crippen LogP contribution in [0.25, 0.3) is 16.2 Å². The van der Waals surface area contributed by atoms with Crippen LogP contribution >= 0.6 is 11.3 Å². The van der Waals surface area contributed by atoms with Gasteiger partial charge in [0.2, 0.25) is 0 Å². The van der Waals surface area contributed by atoms with Gasteiger partial charge in [-0.15, -0.1) is 11.3 Å². The van der Waals surface area contributed by atoms with Crippen molar-refractivity contribution in [2.45, 2.75) is 0 Å². The molecule has 2 rings (SSSR count). The first-order valence-corrected chi connectivity index (χ1v) is 5.57. The van der Waals surface area contributed by atoms with Gasteiger partial charge in [-0.05, 0) is 29.4 Å². The minimum absolute atomic E-state index is 0.921. The molecular weight excluding hydrogens is 190 g/mol. The van der Waals surface area contributed by atoms with Crippen LogP contribution in [0.1, 0.15) is 5.56 Å². The van der Waals surface area contributed by atoms with Gasteiger partial charge < -0.3 is 5.32 Å². The maximum absolute atomic E-state index is 3.09. The maximum atomic E-state index is 3.09. The normalized spacial score (nSPS) is 11.5. The van der Waals surface area contributed by atoms with E-state index >= 15 is 0 Å². The molecule has 0 unspecified atom stereocenters. The van der Waals surface area contributed by atoms with E-state index in [4.69, 9.17) is 0 Å². The van der Waals surface area contributed by atoms with E-state index in [0.717, 1.165) is 6.54 Å². The third kappa shape index (κ3) is 1.86. The molecule has 2 aromatic rings. The first-order valence-electron chi connectivity index (χ1n) is 4.69. The van der Waals surface area contributed by atoms with Crippen LogP contribution in [0.5, 0.6) is 0 Å². The van der Waals surface area contributed by atoms with E-state index in [0.29, 0.717) is 0 Å². The second-order valence-electron chi connectivity index (χ2n) is 3.15. The largest absolute Gasteiger partial charge is 0.316 e. The van der Waals surface area contributed by atoms with Crippen molar-refractivity contribution < 1.29 is 0 Å². The van der Waals surface area contributed by atoms with Crippen molar-refractivity contribution >= 4 is 27.5 Å². The highest BCUT2D eigenvalue weighted by atomic mass is 32.1. The van der Waals surface area contributed by atoms with E-state index < -0.39 is 0 Å². The molecule has 0 aliphatic carbocycles. The fourth-order valence-corrected chi connectivity index (χ4v) is 2.36. The van der Waals surface area contributed by atoms with Gasteiger partial charge in [0, 0.05) is 11.2 Å². The highest BCUT2D eigenvalue weighted by Gasteiger charge is 1.98. The predicted molar refractivity (Wildman–Crippen MR) is 64.8 cm³/mol. The number of hydrogen-bond acceptors (Lipinski definition) is 2. The van der Waals surface area contributed by atoms with E-state index in [9.17, 15) is 0 Å². The van der Waals surface area contributed by atoms with Crippen LogP contribution in [0.2, 0.25) is 0 Å². The van der Waals surface area contributed by atoms with Gasteiger partial charge in [0.15, 0.2) is 0 Å². The quantitative estimate of drug-likeness (QED) is 0.808. The van der Waals surface area contributed by atoms with Gasteiger partial charge in [-0.2, -0.15) is 0 Å². The van der Waals surface area contributed by atoms with Crippen molar-refractivity contribution in [3.8, 4) is 0 Å². The Hall–Kier alpha value is -1.12. The van der Waals surface area contributed by atoms with Gasteiger partial charge in [-0.25, -0.2) is 0 Å². The molecule has 0 amide bonds. The lowest BCUT2D eigenvalue weighted by Crippen LogP contribution is -2.03. The molecule has 1 aromatic carbocycles. The summed E-state index contributed by atoms with van der Waals surface area (Å²) in [5.74, 6) is 0. The molecule has 0 aliphatic rings. The van der Waals surface area contributed by atoms with Gasteiger partial charge in [0.1, 0.15) is 0 Å². The summed E-state index contributed by atoms with van der Waals surface area (Å²) in [5.41, 5.74) is 1.32. The molecule has 0 saturated carbocycles. The molecule has 0 atom stereocenters. The number of nitrogens with one attached hydrogen (secondary N) is 1. The van der Waals surface area contributed by atoms with Gasteiger partial charge in [-0.3, -0.25) is 0 Å². The van der Waals surface area contributed by atoms with Crippen LogP contribution in [-0.4, -0.2) is 13.6 Å². The van der Waals surface area contributed by atoms with Crippen molar-refractivity contribution in [2.75, 3.05) is 13.6 Å². The average molecular weight is 203 g/mol. The molecule has 1 nitrogen and oxygen atoms in total. The molecule has 1 aromatic heterocycles. The smallest absolute Gasteiger partial charge is 0.0348 e. The Labute approximate surface area is 88.1 Å². The maximum Gasteiger partial charge on any atom is 0.0348 e. The second-order valence-corrected chi connectivity index (χ2v) is 4.06. The first kappa shape index (κ1) is 9.44. The number of benzene rings is 1. The lowest BCUT2D eigenvalue weighted by Gasteiger charge is -1.91. The van der Waals surface area contributed by atoms with E-state index in [1.54, 1.807) is 11.3 Å². The molecule has 1 N–H and O–H groups in total. The summed E-state index contributed by atoms with van der Waals surface area (Å²) in [6, 6.07) is 8.50. The van der Waals surface area contributed by atoms with Gasteiger partial charge >= 0.3 is 0 Å². The summed E-state index contributed by atoms with van der Waals surface area (Å²) in [5, 5.41) is 6.65. The van der Waals surface area contributed by atoms with E-state index in [2.05, 4.69) is 47.1 Å². The number of thiophene rings is 1. The molecular formula is C12H13NS. The SMILES string of the molecule is CNCC=Cc1csc2ccccc12. The summed E-state index contributed by atoms with van der Waals surface area (Å²) in [6.45, 7) is 0.921. The molecule has 72 valence electrons. The molecule has 0 saturated heterocycles. The van der Waals surface area contributed by atoms with Crippen LogP contribution in [0, 0.1) is 0 Å². The Morgan fingerprint density at radius 3 is 3.07 bits per heavy atom. The molecule has 0 fully saturated rings. The molecule has 0 spiro atoms. The van der Waals surface area contributed by atoms with E-state index in [-0.39, 0.29) is 0 Å². The lowest BCUT2D eigenvalue weighted by molar-refractivity contribution is 0.922. The first-order chi connectivity index (χ1) is 6.92. The minimum atomic E-state index is 0.921. The topological polar surface area (TPSA) is 12.0 Å². The zero-order valence-electron chi connectivity index (χ0n) is 8.16. The van der Waals surface area contributed by atoms with Crippen molar-refractivity contribution in [1.82, 2.24) is 5.32 Å². The number of hydrogen-bond donors (Lipinski definition) is 1. The van der Waals surface area contributed by atoms with Crippen LogP contribution < -0.4 is 5.32 Å². The summed E-state index contributed by atoms with van der Waals surface area (Å²) < 4.78 is 1.36. The Bertz CT molecular complexity index is 442. The fourth-order valence-electron chi connectivity index (χ4n) is 1.43. The van der Waals surface area contributed by atoms with Crippen molar-refractivity contribution in [3.05, 3.63) is 41.3 Å². The monoisotopic (exact) mass is 203 g/mol. The summed E-state index contributed by atoms with van der Waals surface area (Å²) in [7, 11) is 1.95. The highest BCUT2D eigenvalue weighted by Crippen LogP contribution is 2.26. The zero-order chi connectivity index (χ0) is 9.80. The Balaban J connectivity index is 2.34. The lowest BCUT2D eigenvalue weighted by atomic mass is 10.2. The third-order valence-electron chi connectivity index (χ3n) is 2.13. The van der Waals surface area contributed by atoms with Crippen molar-refractivity contribution in [1.29, 1.82) is 0 Å².